The molecule has 1 amide bonds. The van der Waals surface area contributed by atoms with Crippen LogP contribution in [0.25, 0.3) is 6.08 Å². The lowest BCUT2D eigenvalue weighted by atomic mass is 10.3. The Morgan fingerprint density at radius 3 is 3.00 bits per heavy atom. The summed E-state index contributed by atoms with van der Waals surface area (Å²) in [6.45, 7) is 1.95. The molecule has 4 nitrogen and oxygen atoms in total. The summed E-state index contributed by atoms with van der Waals surface area (Å²) >= 11 is 0. The fraction of sp³-hybridized carbons (Fsp3) is 0.364. The smallest absolute Gasteiger partial charge is 0.223 e. The zero-order chi connectivity index (χ0) is 11.3. The highest BCUT2D eigenvalue weighted by Crippen LogP contribution is 2.05. The minimum Gasteiger partial charge on any atom is -0.378 e. The van der Waals surface area contributed by atoms with Crippen LogP contribution < -0.4 is 5.73 Å². The Bertz CT molecular complexity index is 355. The highest BCUT2D eigenvalue weighted by atomic mass is 16.5. The lowest BCUT2D eigenvalue weighted by Crippen LogP contribution is -2.13. The standard InChI is InChI=1S/C11H16N2O2/c1-8(15-2)3-4-9-5-6-10(13-9)7-11(12)14/h3-6,8,13H,7H2,1-2H3,(H2,12,14)/b4-3-. The molecule has 0 saturated heterocycles. The fourth-order valence-corrected chi connectivity index (χ4v) is 1.16. The monoisotopic (exact) mass is 208 g/mol. The summed E-state index contributed by atoms with van der Waals surface area (Å²) in [6.07, 6.45) is 4.17. The summed E-state index contributed by atoms with van der Waals surface area (Å²) in [5.41, 5.74) is 6.85. The van der Waals surface area contributed by atoms with Crippen LogP contribution in [0.4, 0.5) is 0 Å². The van der Waals surface area contributed by atoms with Crippen molar-refractivity contribution >= 4 is 12.0 Å². The van der Waals surface area contributed by atoms with Crippen molar-refractivity contribution in [1.29, 1.82) is 0 Å². The number of carbonyl (C=O) groups excluding carboxylic acids is 1. The molecule has 0 fully saturated rings. The minimum atomic E-state index is -0.336. The van der Waals surface area contributed by atoms with Crippen molar-refractivity contribution in [3.05, 3.63) is 29.6 Å². The fourth-order valence-electron chi connectivity index (χ4n) is 1.16. The molecule has 1 atom stereocenters. The number of nitrogens with two attached hydrogens (primary N) is 1. The van der Waals surface area contributed by atoms with E-state index in [0.29, 0.717) is 0 Å². The Hall–Kier alpha value is -1.55. The van der Waals surface area contributed by atoms with E-state index in [1.807, 2.05) is 31.2 Å². The van der Waals surface area contributed by atoms with Gasteiger partial charge in [-0.25, -0.2) is 0 Å². The van der Waals surface area contributed by atoms with Gasteiger partial charge in [0.1, 0.15) is 0 Å². The molecule has 0 aliphatic carbocycles. The van der Waals surface area contributed by atoms with Crippen LogP contribution >= 0.6 is 0 Å². The van der Waals surface area contributed by atoms with E-state index in [1.54, 1.807) is 7.11 Å². The third-order valence-corrected chi connectivity index (χ3v) is 2.05. The largest absolute Gasteiger partial charge is 0.378 e. The maximum atomic E-state index is 10.7. The van der Waals surface area contributed by atoms with E-state index in [0.717, 1.165) is 11.4 Å². The lowest BCUT2D eigenvalue weighted by molar-refractivity contribution is -0.117. The van der Waals surface area contributed by atoms with E-state index in [9.17, 15) is 4.79 Å². The first-order valence-electron chi connectivity index (χ1n) is 4.79. The second-order valence-corrected chi connectivity index (χ2v) is 3.38. The van der Waals surface area contributed by atoms with Crippen LogP contribution in [0.3, 0.4) is 0 Å². The van der Waals surface area contributed by atoms with E-state index < -0.39 is 0 Å². The number of amides is 1. The molecule has 1 rings (SSSR count). The van der Waals surface area contributed by atoms with E-state index in [4.69, 9.17) is 10.5 Å². The molecule has 1 heterocycles. The van der Waals surface area contributed by atoms with Crippen molar-refractivity contribution < 1.29 is 9.53 Å². The number of primary amides is 1. The van der Waals surface area contributed by atoms with Gasteiger partial charge in [-0.2, -0.15) is 0 Å². The number of aromatic nitrogens is 1. The van der Waals surface area contributed by atoms with Crippen LogP contribution in [0.1, 0.15) is 18.3 Å². The topological polar surface area (TPSA) is 68.1 Å². The van der Waals surface area contributed by atoms with Crippen molar-refractivity contribution in [3.8, 4) is 0 Å². The molecule has 4 heteroatoms. The molecule has 1 aromatic rings. The van der Waals surface area contributed by atoms with E-state index in [-0.39, 0.29) is 18.4 Å². The quantitative estimate of drug-likeness (QED) is 0.760. The summed E-state index contributed by atoms with van der Waals surface area (Å²) in [5.74, 6) is -0.336. The van der Waals surface area contributed by atoms with Crippen LogP contribution in [0.2, 0.25) is 0 Å². The third-order valence-electron chi connectivity index (χ3n) is 2.05. The van der Waals surface area contributed by atoms with Gasteiger partial charge in [-0.3, -0.25) is 4.79 Å². The molecular formula is C11H16N2O2. The SMILES string of the molecule is COC(C)/C=C\c1ccc(CC(N)=O)[nH]1. The maximum absolute atomic E-state index is 10.7. The van der Waals surface area contributed by atoms with Crippen molar-refractivity contribution in [1.82, 2.24) is 4.98 Å². The number of hydrogen-bond acceptors (Lipinski definition) is 2. The second kappa shape index (κ2) is 5.36. The maximum Gasteiger partial charge on any atom is 0.223 e. The Morgan fingerprint density at radius 2 is 2.40 bits per heavy atom. The van der Waals surface area contributed by atoms with Crippen LogP contribution in [-0.4, -0.2) is 24.1 Å². The summed E-state index contributed by atoms with van der Waals surface area (Å²) in [4.78, 5) is 13.7. The van der Waals surface area contributed by atoms with Crippen LogP contribution in [-0.2, 0) is 16.0 Å². The minimum absolute atomic E-state index is 0.0768. The van der Waals surface area contributed by atoms with Gasteiger partial charge >= 0.3 is 0 Å². The Balaban J connectivity index is 2.60. The molecule has 1 aromatic heterocycles. The normalized spacial score (nSPS) is 13.2. The first-order chi connectivity index (χ1) is 7.11. The third kappa shape index (κ3) is 3.99. The highest BCUT2D eigenvalue weighted by Gasteiger charge is 2.00. The van der Waals surface area contributed by atoms with Gasteiger partial charge in [0.15, 0.2) is 0 Å². The van der Waals surface area contributed by atoms with E-state index in [1.165, 1.54) is 0 Å². The number of rotatable bonds is 5. The zero-order valence-electron chi connectivity index (χ0n) is 8.99. The van der Waals surface area contributed by atoms with Crippen molar-refractivity contribution in [2.24, 2.45) is 5.73 Å². The molecule has 0 radical (unpaired) electrons. The van der Waals surface area contributed by atoms with E-state index >= 15 is 0 Å². The van der Waals surface area contributed by atoms with Gasteiger partial charge in [0, 0.05) is 18.5 Å². The molecule has 82 valence electrons. The first-order valence-corrected chi connectivity index (χ1v) is 4.79. The summed E-state index contributed by atoms with van der Waals surface area (Å²) in [5, 5.41) is 0. The van der Waals surface area contributed by atoms with Gasteiger partial charge in [0.25, 0.3) is 0 Å². The average molecular weight is 208 g/mol. The van der Waals surface area contributed by atoms with Crippen molar-refractivity contribution in [2.45, 2.75) is 19.4 Å². The van der Waals surface area contributed by atoms with Gasteiger partial charge in [-0.1, -0.05) is 6.08 Å². The summed E-state index contributed by atoms with van der Waals surface area (Å²) < 4.78 is 5.07. The van der Waals surface area contributed by atoms with Gasteiger partial charge in [0.05, 0.1) is 12.5 Å². The summed E-state index contributed by atoms with van der Waals surface area (Å²) in [7, 11) is 1.65. The first kappa shape index (κ1) is 11.5. The average Bonchev–Trinajstić information content (AvgIpc) is 2.61. The van der Waals surface area contributed by atoms with Crippen LogP contribution in [0, 0.1) is 0 Å². The van der Waals surface area contributed by atoms with Crippen LogP contribution in [0.15, 0.2) is 18.2 Å². The molecule has 0 spiro atoms. The predicted molar refractivity (Wildman–Crippen MR) is 59.2 cm³/mol. The van der Waals surface area contributed by atoms with Crippen LogP contribution in [0.5, 0.6) is 0 Å². The van der Waals surface area contributed by atoms with Gasteiger partial charge < -0.3 is 15.5 Å². The van der Waals surface area contributed by atoms with E-state index in [2.05, 4.69) is 4.98 Å². The molecule has 15 heavy (non-hydrogen) atoms. The molecular weight excluding hydrogens is 192 g/mol. The lowest BCUT2D eigenvalue weighted by Gasteiger charge is -2.00. The Kier molecular flexibility index (Phi) is 4.12. The Morgan fingerprint density at radius 1 is 1.67 bits per heavy atom. The number of ether oxygens (including phenoxy) is 1. The Labute approximate surface area is 89.1 Å². The molecule has 0 aliphatic rings. The zero-order valence-corrected chi connectivity index (χ0v) is 8.99. The van der Waals surface area contributed by atoms with Crippen molar-refractivity contribution in [3.63, 3.8) is 0 Å². The number of carbonyl (C=O) groups is 1. The van der Waals surface area contributed by atoms with Crippen molar-refractivity contribution in [2.75, 3.05) is 7.11 Å². The predicted octanol–water partition coefficient (Wildman–Crippen LogP) is 1.09. The molecule has 0 aliphatic heterocycles. The van der Waals surface area contributed by atoms with Gasteiger partial charge in [-0.05, 0) is 25.1 Å². The summed E-state index contributed by atoms with van der Waals surface area (Å²) in [6, 6.07) is 3.75. The number of H-pyrrole nitrogens is 1. The molecule has 3 N–H and O–H groups in total. The number of aromatic amines is 1. The van der Waals surface area contributed by atoms with Gasteiger partial charge in [0.2, 0.25) is 5.91 Å². The number of methoxy groups -OCH3 is 1. The molecule has 0 saturated carbocycles. The highest BCUT2D eigenvalue weighted by molar-refractivity contribution is 5.76. The molecule has 1 unspecified atom stereocenters. The number of hydrogen-bond donors (Lipinski definition) is 2. The molecule has 0 aromatic carbocycles. The second-order valence-electron chi connectivity index (χ2n) is 3.38. The molecule has 0 bridgehead atoms. The number of nitrogens with one attached hydrogen (secondary N) is 1. The van der Waals surface area contributed by atoms with Gasteiger partial charge in [-0.15, -0.1) is 0 Å².